The number of nitrogens with one attached hydrogen (secondary N) is 1. The molecule has 4 nitrogen and oxygen atoms in total. The second-order valence-electron chi connectivity index (χ2n) is 3.98. The first-order valence-corrected chi connectivity index (χ1v) is 4.88. The quantitative estimate of drug-likeness (QED) is 0.643. The van der Waals surface area contributed by atoms with E-state index in [2.05, 4.69) is 5.32 Å². The lowest BCUT2D eigenvalue weighted by Gasteiger charge is -2.46. The van der Waals surface area contributed by atoms with Crippen molar-refractivity contribution in [1.82, 2.24) is 10.2 Å². The normalized spacial score (nSPS) is 24.5. The zero-order chi connectivity index (χ0) is 9.31. The average molecular weight is 184 g/mol. The first-order valence-electron chi connectivity index (χ1n) is 4.88. The Morgan fingerprint density at radius 3 is 2.92 bits per heavy atom. The highest BCUT2D eigenvalue weighted by Gasteiger charge is 2.47. The van der Waals surface area contributed by atoms with Gasteiger partial charge in [0, 0.05) is 25.0 Å². The highest BCUT2D eigenvalue weighted by atomic mass is 16.6. The second kappa shape index (κ2) is 3.18. The van der Waals surface area contributed by atoms with E-state index >= 15 is 0 Å². The summed E-state index contributed by atoms with van der Waals surface area (Å²) in [6.07, 6.45) is 1.04. The zero-order valence-corrected chi connectivity index (χ0v) is 8.01. The van der Waals surface area contributed by atoms with E-state index in [4.69, 9.17) is 4.74 Å². The third-order valence-electron chi connectivity index (χ3n) is 2.91. The van der Waals surface area contributed by atoms with E-state index in [1.165, 1.54) is 6.42 Å². The summed E-state index contributed by atoms with van der Waals surface area (Å²) in [6.45, 7) is 6.21. The molecule has 74 valence electrons. The molecular formula is C9H16N2O2. The third kappa shape index (κ3) is 1.50. The van der Waals surface area contributed by atoms with Crippen molar-refractivity contribution in [1.29, 1.82) is 0 Å². The Morgan fingerprint density at radius 1 is 1.62 bits per heavy atom. The van der Waals surface area contributed by atoms with Crippen LogP contribution in [0.25, 0.3) is 0 Å². The highest BCUT2D eigenvalue weighted by molar-refractivity contribution is 5.69. The van der Waals surface area contributed by atoms with Crippen molar-refractivity contribution in [3.05, 3.63) is 0 Å². The van der Waals surface area contributed by atoms with Gasteiger partial charge in [0.15, 0.2) is 0 Å². The van der Waals surface area contributed by atoms with E-state index in [1.807, 2.05) is 6.92 Å². The lowest BCUT2D eigenvalue weighted by molar-refractivity contribution is 0.00964. The molecule has 1 amide bonds. The lowest BCUT2D eigenvalue weighted by atomic mass is 9.79. The molecule has 0 saturated carbocycles. The van der Waals surface area contributed by atoms with Gasteiger partial charge in [0.1, 0.15) is 0 Å². The lowest BCUT2D eigenvalue weighted by Crippen LogP contribution is -2.59. The summed E-state index contributed by atoms with van der Waals surface area (Å²) in [7, 11) is 0. The topological polar surface area (TPSA) is 41.6 Å². The van der Waals surface area contributed by atoms with Gasteiger partial charge in [0.25, 0.3) is 0 Å². The van der Waals surface area contributed by atoms with E-state index in [0.717, 1.165) is 26.2 Å². The highest BCUT2D eigenvalue weighted by Crippen LogP contribution is 2.36. The van der Waals surface area contributed by atoms with Crippen LogP contribution in [0.3, 0.4) is 0 Å². The van der Waals surface area contributed by atoms with Gasteiger partial charge in [-0.05, 0) is 19.9 Å². The first-order chi connectivity index (χ1) is 6.26. The van der Waals surface area contributed by atoms with Gasteiger partial charge in [-0.3, -0.25) is 0 Å². The van der Waals surface area contributed by atoms with Crippen molar-refractivity contribution < 1.29 is 9.53 Å². The van der Waals surface area contributed by atoms with E-state index in [1.54, 1.807) is 4.90 Å². The van der Waals surface area contributed by atoms with Gasteiger partial charge in [-0.2, -0.15) is 0 Å². The van der Waals surface area contributed by atoms with Gasteiger partial charge in [0.05, 0.1) is 6.61 Å². The van der Waals surface area contributed by atoms with Gasteiger partial charge in [-0.15, -0.1) is 0 Å². The molecule has 2 saturated heterocycles. The predicted molar refractivity (Wildman–Crippen MR) is 48.5 cm³/mol. The van der Waals surface area contributed by atoms with Gasteiger partial charge in [0.2, 0.25) is 0 Å². The molecule has 1 N–H and O–H groups in total. The molecule has 2 rings (SSSR count). The minimum Gasteiger partial charge on any atom is -0.450 e. The number of ether oxygens (including phenoxy) is 1. The number of hydrogen-bond donors (Lipinski definition) is 1. The van der Waals surface area contributed by atoms with Crippen molar-refractivity contribution in [3.63, 3.8) is 0 Å². The summed E-state index contributed by atoms with van der Waals surface area (Å²) in [5, 5.41) is 3.33. The standard InChI is InChI=1S/C9H16N2O2/c1-2-13-8(12)11-6-9(7-11)3-4-10-5-9/h10H,2-7H2,1H3. The molecule has 2 fully saturated rings. The molecule has 2 heterocycles. The van der Waals surface area contributed by atoms with Crippen LogP contribution in [-0.2, 0) is 4.74 Å². The van der Waals surface area contributed by atoms with Gasteiger partial charge >= 0.3 is 6.09 Å². The van der Waals surface area contributed by atoms with Gasteiger partial charge in [-0.1, -0.05) is 0 Å². The molecular weight excluding hydrogens is 168 g/mol. The fraction of sp³-hybridized carbons (Fsp3) is 0.889. The minimum absolute atomic E-state index is 0.153. The summed E-state index contributed by atoms with van der Waals surface area (Å²) in [6, 6.07) is 0. The Labute approximate surface area is 78.2 Å². The summed E-state index contributed by atoms with van der Waals surface area (Å²) >= 11 is 0. The number of nitrogens with zero attached hydrogens (tertiary/aromatic N) is 1. The maximum absolute atomic E-state index is 11.2. The number of carbonyl (C=O) groups excluding carboxylic acids is 1. The Morgan fingerprint density at radius 2 is 2.38 bits per heavy atom. The number of carbonyl (C=O) groups is 1. The number of hydrogen-bond acceptors (Lipinski definition) is 3. The second-order valence-corrected chi connectivity index (χ2v) is 3.98. The molecule has 13 heavy (non-hydrogen) atoms. The summed E-state index contributed by atoms with van der Waals surface area (Å²) in [4.78, 5) is 13.0. The van der Waals surface area contributed by atoms with Crippen LogP contribution in [-0.4, -0.2) is 43.8 Å². The zero-order valence-electron chi connectivity index (χ0n) is 8.01. The molecule has 0 aromatic rings. The third-order valence-corrected chi connectivity index (χ3v) is 2.91. The molecule has 0 aliphatic carbocycles. The van der Waals surface area contributed by atoms with E-state index in [0.29, 0.717) is 12.0 Å². The van der Waals surface area contributed by atoms with Crippen molar-refractivity contribution in [2.24, 2.45) is 5.41 Å². The minimum atomic E-state index is -0.153. The largest absolute Gasteiger partial charge is 0.450 e. The van der Waals surface area contributed by atoms with Crippen molar-refractivity contribution in [3.8, 4) is 0 Å². The Balaban J connectivity index is 1.80. The smallest absolute Gasteiger partial charge is 0.409 e. The molecule has 2 aliphatic rings. The fourth-order valence-corrected chi connectivity index (χ4v) is 2.17. The molecule has 0 aromatic carbocycles. The fourth-order valence-electron chi connectivity index (χ4n) is 2.17. The molecule has 2 aliphatic heterocycles. The van der Waals surface area contributed by atoms with Crippen molar-refractivity contribution in [2.45, 2.75) is 13.3 Å². The van der Waals surface area contributed by atoms with Crippen molar-refractivity contribution in [2.75, 3.05) is 32.8 Å². The Kier molecular flexibility index (Phi) is 2.15. The molecule has 0 bridgehead atoms. The molecule has 1 spiro atoms. The van der Waals surface area contributed by atoms with Gasteiger partial charge < -0.3 is 15.0 Å². The van der Waals surface area contributed by atoms with Crippen LogP contribution in [0.2, 0.25) is 0 Å². The molecule has 0 unspecified atom stereocenters. The Bertz CT molecular complexity index is 204. The summed E-state index contributed by atoms with van der Waals surface area (Å²) in [5.74, 6) is 0. The maximum Gasteiger partial charge on any atom is 0.409 e. The van der Waals surface area contributed by atoms with Crippen LogP contribution < -0.4 is 5.32 Å². The summed E-state index contributed by atoms with van der Waals surface area (Å²) < 4.78 is 4.92. The molecule has 4 heteroatoms. The van der Waals surface area contributed by atoms with Crippen LogP contribution in [0.1, 0.15) is 13.3 Å². The van der Waals surface area contributed by atoms with Crippen molar-refractivity contribution >= 4 is 6.09 Å². The van der Waals surface area contributed by atoms with Crippen LogP contribution in [0, 0.1) is 5.41 Å². The Hall–Kier alpha value is -0.770. The maximum atomic E-state index is 11.2. The summed E-state index contributed by atoms with van der Waals surface area (Å²) in [5.41, 5.74) is 0.382. The van der Waals surface area contributed by atoms with Crippen LogP contribution >= 0.6 is 0 Å². The SMILES string of the molecule is CCOC(=O)N1CC2(CCNC2)C1. The first kappa shape index (κ1) is 8.81. The van der Waals surface area contributed by atoms with Gasteiger partial charge in [-0.25, -0.2) is 4.79 Å². The van der Waals surface area contributed by atoms with Crippen LogP contribution in [0.15, 0.2) is 0 Å². The van der Waals surface area contributed by atoms with E-state index < -0.39 is 0 Å². The monoisotopic (exact) mass is 184 g/mol. The van der Waals surface area contributed by atoms with Crippen LogP contribution in [0.5, 0.6) is 0 Å². The van der Waals surface area contributed by atoms with E-state index in [9.17, 15) is 4.79 Å². The van der Waals surface area contributed by atoms with E-state index in [-0.39, 0.29) is 6.09 Å². The number of likely N-dealkylation sites (tertiary alicyclic amines) is 1. The number of amides is 1. The molecule has 0 aromatic heterocycles. The molecule has 0 radical (unpaired) electrons. The predicted octanol–water partition coefficient (Wildman–Crippen LogP) is 0.438. The average Bonchev–Trinajstić information content (AvgIpc) is 2.49. The van der Waals surface area contributed by atoms with Crippen LogP contribution in [0.4, 0.5) is 4.79 Å². The molecule has 0 atom stereocenters. The number of rotatable bonds is 1.